The standard InChI is InChI=1S/C24H41NO2/c1-5-19(26)18-6-7-20-23(18,3)12-10-21-22(2)11-8-16(15-27-4)14-17(22)9-13-24(20,21)25/h16-18,20-21H,5-15,25H2,1-4H3. The van der Waals surface area contributed by atoms with E-state index in [0.717, 1.165) is 24.9 Å². The van der Waals surface area contributed by atoms with E-state index in [2.05, 4.69) is 13.8 Å². The van der Waals surface area contributed by atoms with E-state index in [1.54, 1.807) is 0 Å². The van der Waals surface area contributed by atoms with Gasteiger partial charge in [0.05, 0.1) is 0 Å². The summed E-state index contributed by atoms with van der Waals surface area (Å²) in [7, 11) is 1.84. The highest BCUT2D eigenvalue weighted by Gasteiger charge is 2.66. The lowest BCUT2D eigenvalue weighted by atomic mass is 9.41. The Hall–Kier alpha value is -0.410. The first-order valence-electron chi connectivity index (χ1n) is 11.6. The number of hydrogen-bond acceptors (Lipinski definition) is 3. The van der Waals surface area contributed by atoms with Crippen LogP contribution in [-0.2, 0) is 9.53 Å². The highest BCUT2D eigenvalue weighted by Crippen LogP contribution is 2.68. The van der Waals surface area contributed by atoms with Crippen LogP contribution in [0.25, 0.3) is 0 Å². The maximum Gasteiger partial charge on any atom is 0.136 e. The van der Waals surface area contributed by atoms with Crippen LogP contribution in [0.1, 0.15) is 85.0 Å². The van der Waals surface area contributed by atoms with Crippen LogP contribution in [-0.4, -0.2) is 25.0 Å². The van der Waals surface area contributed by atoms with Gasteiger partial charge in [0.25, 0.3) is 0 Å². The molecule has 0 amide bonds. The fraction of sp³-hybridized carbons (Fsp3) is 0.958. The molecule has 4 aliphatic rings. The van der Waals surface area contributed by atoms with Gasteiger partial charge in [0.1, 0.15) is 5.78 Å². The van der Waals surface area contributed by atoms with Gasteiger partial charge in [-0.05, 0) is 92.3 Å². The van der Waals surface area contributed by atoms with Crippen molar-refractivity contribution in [3.63, 3.8) is 0 Å². The van der Waals surface area contributed by atoms with Crippen LogP contribution >= 0.6 is 0 Å². The molecule has 0 aromatic carbocycles. The Morgan fingerprint density at radius 1 is 1.00 bits per heavy atom. The van der Waals surface area contributed by atoms with Gasteiger partial charge in [0.15, 0.2) is 0 Å². The molecule has 3 nitrogen and oxygen atoms in total. The molecule has 0 saturated heterocycles. The van der Waals surface area contributed by atoms with Crippen LogP contribution in [0, 0.1) is 40.4 Å². The largest absolute Gasteiger partial charge is 0.384 e. The molecule has 3 heteroatoms. The zero-order valence-electron chi connectivity index (χ0n) is 18.1. The summed E-state index contributed by atoms with van der Waals surface area (Å²) < 4.78 is 5.48. The molecule has 0 aromatic rings. The van der Waals surface area contributed by atoms with Crippen LogP contribution in [0.3, 0.4) is 0 Å². The van der Waals surface area contributed by atoms with Crippen LogP contribution in [0.15, 0.2) is 0 Å². The monoisotopic (exact) mass is 375 g/mol. The molecule has 8 atom stereocenters. The molecule has 0 bridgehead atoms. The Balaban J connectivity index is 1.60. The van der Waals surface area contributed by atoms with Crippen molar-refractivity contribution in [1.29, 1.82) is 0 Å². The number of carbonyl (C=O) groups excluding carboxylic acids is 1. The summed E-state index contributed by atoms with van der Waals surface area (Å²) >= 11 is 0. The van der Waals surface area contributed by atoms with Crippen molar-refractivity contribution >= 4 is 5.78 Å². The fourth-order valence-electron chi connectivity index (χ4n) is 8.73. The summed E-state index contributed by atoms with van der Waals surface area (Å²) in [5, 5.41) is 0. The topological polar surface area (TPSA) is 52.3 Å². The summed E-state index contributed by atoms with van der Waals surface area (Å²) in [5.74, 6) is 3.48. The molecular formula is C24H41NO2. The summed E-state index contributed by atoms with van der Waals surface area (Å²) in [6.07, 6.45) is 11.8. The third kappa shape index (κ3) is 2.78. The Kier molecular flexibility index (Phi) is 5.03. The molecule has 4 rings (SSSR count). The molecule has 0 spiro atoms. The predicted octanol–water partition coefficient (Wildman–Crippen LogP) is 4.97. The summed E-state index contributed by atoms with van der Waals surface area (Å²) in [4.78, 5) is 12.7. The Bertz CT molecular complexity index is 591. The van der Waals surface area contributed by atoms with Gasteiger partial charge in [0.2, 0.25) is 0 Å². The van der Waals surface area contributed by atoms with Crippen molar-refractivity contribution in [3.8, 4) is 0 Å². The molecule has 4 saturated carbocycles. The number of carbonyl (C=O) groups is 1. The van der Waals surface area contributed by atoms with E-state index in [1.165, 1.54) is 51.4 Å². The molecule has 4 fully saturated rings. The number of hydrogen-bond donors (Lipinski definition) is 1. The number of rotatable bonds is 4. The fourth-order valence-corrected chi connectivity index (χ4v) is 8.73. The van der Waals surface area contributed by atoms with E-state index < -0.39 is 0 Å². The number of ketones is 1. The average Bonchev–Trinajstić information content (AvgIpc) is 3.00. The molecule has 0 aromatic heterocycles. The SMILES string of the molecule is CCC(=O)C1CCC2C1(C)CCC1C3(C)CCC(COC)CC3CCC12N. The molecule has 27 heavy (non-hydrogen) atoms. The number of nitrogens with two attached hydrogens (primary N) is 1. The van der Waals surface area contributed by atoms with Crippen molar-refractivity contribution in [2.45, 2.75) is 90.5 Å². The van der Waals surface area contributed by atoms with E-state index in [1.807, 2.05) is 14.0 Å². The van der Waals surface area contributed by atoms with Gasteiger partial charge in [0, 0.05) is 31.6 Å². The maximum atomic E-state index is 12.7. The van der Waals surface area contributed by atoms with Crippen LogP contribution in [0.4, 0.5) is 0 Å². The first-order valence-corrected chi connectivity index (χ1v) is 11.6. The summed E-state index contributed by atoms with van der Waals surface area (Å²) in [5.41, 5.74) is 7.88. The number of methoxy groups -OCH3 is 1. The average molecular weight is 376 g/mol. The van der Waals surface area contributed by atoms with Crippen LogP contribution < -0.4 is 5.73 Å². The molecular weight excluding hydrogens is 334 g/mol. The van der Waals surface area contributed by atoms with Crippen molar-refractivity contribution < 1.29 is 9.53 Å². The second-order valence-corrected chi connectivity index (χ2v) is 11.0. The minimum Gasteiger partial charge on any atom is -0.384 e. The molecule has 2 N–H and O–H groups in total. The quantitative estimate of drug-likeness (QED) is 0.755. The number of fused-ring (bicyclic) bond motifs is 5. The predicted molar refractivity (Wildman–Crippen MR) is 109 cm³/mol. The first-order chi connectivity index (χ1) is 12.8. The van der Waals surface area contributed by atoms with E-state index in [-0.39, 0.29) is 16.9 Å². The second kappa shape index (κ2) is 6.83. The Labute approximate surface area is 166 Å². The zero-order valence-corrected chi connectivity index (χ0v) is 18.1. The number of ether oxygens (including phenoxy) is 1. The zero-order chi connectivity index (χ0) is 19.4. The molecule has 4 aliphatic carbocycles. The van der Waals surface area contributed by atoms with Gasteiger partial charge in [-0.1, -0.05) is 20.8 Å². The van der Waals surface area contributed by atoms with E-state index in [0.29, 0.717) is 29.5 Å². The Morgan fingerprint density at radius 2 is 1.70 bits per heavy atom. The molecule has 154 valence electrons. The smallest absolute Gasteiger partial charge is 0.136 e. The third-order valence-electron chi connectivity index (χ3n) is 10.1. The highest BCUT2D eigenvalue weighted by atomic mass is 16.5. The van der Waals surface area contributed by atoms with Gasteiger partial charge in [-0.25, -0.2) is 0 Å². The van der Waals surface area contributed by atoms with E-state index in [9.17, 15) is 4.79 Å². The normalized spacial score (nSPS) is 52.0. The molecule has 0 aliphatic heterocycles. The molecule has 0 heterocycles. The van der Waals surface area contributed by atoms with Crippen molar-refractivity contribution in [2.24, 2.45) is 46.2 Å². The first kappa shape index (κ1) is 19.9. The van der Waals surface area contributed by atoms with Crippen molar-refractivity contribution in [2.75, 3.05) is 13.7 Å². The summed E-state index contributed by atoms with van der Waals surface area (Å²) in [6.45, 7) is 7.94. The van der Waals surface area contributed by atoms with Gasteiger partial charge in [-0.15, -0.1) is 0 Å². The maximum absolute atomic E-state index is 12.7. The molecule has 8 unspecified atom stereocenters. The minimum absolute atomic E-state index is 0.0465. The third-order valence-corrected chi connectivity index (χ3v) is 10.1. The lowest BCUT2D eigenvalue weighted by Gasteiger charge is -2.65. The minimum atomic E-state index is -0.0465. The van der Waals surface area contributed by atoms with Crippen molar-refractivity contribution in [1.82, 2.24) is 0 Å². The van der Waals surface area contributed by atoms with Gasteiger partial charge in [-0.2, -0.15) is 0 Å². The van der Waals surface area contributed by atoms with E-state index >= 15 is 0 Å². The highest BCUT2D eigenvalue weighted by molar-refractivity contribution is 5.82. The Morgan fingerprint density at radius 3 is 2.41 bits per heavy atom. The van der Waals surface area contributed by atoms with E-state index in [4.69, 9.17) is 10.5 Å². The van der Waals surface area contributed by atoms with Gasteiger partial charge < -0.3 is 10.5 Å². The van der Waals surface area contributed by atoms with Crippen molar-refractivity contribution in [3.05, 3.63) is 0 Å². The van der Waals surface area contributed by atoms with Crippen LogP contribution in [0.5, 0.6) is 0 Å². The van der Waals surface area contributed by atoms with Gasteiger partial charge in [-0.3, -0.25) is 4.79 Å². The van der Waals surface area contributed by atoms with Crippen LogP contribution in [0.2, 0.25) is 0 Å². The number of Topliss-reactive ketones (excluding diaryl/α,β-unsaturated/α-hetero) is 1. The lowest BCUT2D eigenvalue weighted by Crippen LogP contribution is -2.68. The molecule has 0 radical (unpaired) electrons. The lowest BCUT2D eigenvalue weighted by molar-refractivity contribution is -0.144. The summed E-state index contributed by atoms with van der Waals surface area (Å²) in [6, 6.07) is 0. The van der Waals surface area contributed by atoms with Gasteiger partial charge >= 0.3 is 0 Å². The second-order valence-electron chi connectivity index (χ2n) is 11.0.